The summed E-state index contributed by atoms with van der Waals surface area (Å²) >= 11 is 0. The molecule has 1 heterocycles. The summed E-state index contributed by atoms with van der Waals surface area (Å²) in [5.74, 6) is -0.168. The number of anilines is 1. The highest BCUT2D eigenvalue weighted by atomic mass is 35.5. The molecule has 0 saturated carbocycles. The minimum atomic E-state index is -0.195. The fourth-order valence-electron chi connectivity index (χ4n) is 1.99. The molecule has 1 amide bonds. The molecule has 0 atom stereocenters. The van der Waals surface area contributed by atoms with E-state index < -0.39 is 0 Å². The Kier molecular flexibility index (Phi) is 7.36. The van der Waals surface area contributed by atoms with Crippen molar-refractivity contribution in [3.63, 3.8) is 0 Å². The number of hydrogen-bond acceptors (Lipinski definition) is 3. The van der Waals surface area contributed by atoms with Crippen LogP contribution in [-0.2, 0) is 11.3 Å². The largest absolute Gasteiger partial charge is 0.321 e. The van der Waals surface area contributed by atoms with Crippen molar-refractivity contribution in [1.29, 1.82) is 0 Å². The summed E-state index contributed by atoms with van der Waals surface area (Å²) < 4.78 is 1.59. The first-order chi connectivity index (χ1) is 10.2. The third-order valence-corrected chi connectivity index (χ3v) is 3.09. The van der Waals surface area contributed by atoms with Gasteiger partial charge >= 0.3 is 0 Å². The maximum Gasteiger partial charge on any atom is 0.274 e. The SMILES string of the molecule is CNCCC(=O)Nc1cccn(Cc2ccccc2)c1=O.Cl. The fourth-order valence-corrected chi connectivity index (χ4v) is 1.99. The maximum absolute atomic E-state index is 12.3. The van der Waals surface area contributed by atoms with E-state index in [2.05, 4.69) is 10.6 Å². The van der Waals surface area contributed by atoms with Gasteiger partial charge in [0, 0.05) is 19.2 Å². The first kappa shape index (κ1) is 17.9. The number of amides is 1. The van der Waals surface area contributed by atoms with E-state index in [0.29, 0.717) is 25.2 Å². The molecule has 22 heavy (non-hydrogen) atoms. The van der Waals surface area contributed by atoms with Gasteiger partial charge in [0.25, 0.3) is 5.56 Å². The second-order valence-electron chi connectivity index (χ2n) is 4.74. The Labute approximate surface area is 135 Å². The molecule has 0 radical (unpaired) electrons. The average molecular weight is 322 g/mol. The predicted octanol–water partition coefficient (Wildman–Crippen LogP) is 1.87. The smallest absolute Gasteiger partial charge is 0.274 e. The quantitative estimate of drug-likeness (QED) is 0.853. The van der Waals surface area contributed by atoms with Gasteiger partial charge in [0.2, 0.25) is 5.91 Å². The molecule has 2 rings (SSSR count). The Morgan fingerprint density at radius 1 is 1.14 bits per heavy atom. The monoisotopic (exact) mass is 321 g/mol. The van der Waals surface area contributed by atoms with Crippen molar-refractivity contribution in [1.82, 2.24) is 9.88 Å². The van der Waals surface area contributed by atoms with Crippen LogP contribution in [-0.4, -0.2) is 24.1 Å². The van der Waals surface area contributed by atoms with Crippen molar-refractivity contribution in [2.75, 3.05) is 18.9 Å². The van der Waals surface area contributed by atoms with E-state index in [4.69, 9.17) is 0 Å². The van der Waals surface area contributed by atoms with Crippen LogP contribution in [0.25, 0.3) is 0 Å². The number of aromatic nitrogens is 1. The van der Waals surface area contributed by atoms with Crippen molar-refractivity contribution in [2.24, 2.45) is 0 Å². The number of nitrogens with zero attached hydrogens (tertiary/aromatic N) is 1. The summed E-state index contributed by atoms with van der Waals surface area (Å²) in [6.07, 6.45) is 2.06. The zero-order valence-corrected chi connectivity index (χ0v) is 13.2. The standard InChI is InChI=1S/C16H19N3O2.ClH/c1-17-10-9-15(20)18-14-8-5-11-19(16(14)21)12-13-6-3-2-4-7-13;/h2-8,11,17H,9-10,12H2,1H3,(H,18,20);1H. The van der Waals surface area contributed by atoms with E-state index in [1.165, 1.54) is 0 Å². The van der Waals surface area contributed by atoms with Gasteiger partial charge in [0.1, 0.15) is 5.69 Å². The van der Waals surface area contributed by atoms with Crippen LogP contribution >= 0.6 is 12.4 Å². The van der Waals surface area contributed by atoms with Crippen LogP contribution in [0, 0.1) is 0 Å². The molecule has 0 aliphatic heterocycles. The lowest BCUT2D eigenvalue weighted by atomic mass is 10.2. The van der Waals surface area contributed by atoms with Crippen molar-refractivity contribution in [3.8, 4) is 0 Å². The van der Waals surface area contributed by atoms with Crippen molar-refractivity contribution < 1.29 is 4.79 Å². The summed E-state index contributed by atoms with van der Waals surface area (Å²) in [6, 6.07) is 13.1. The molecule has 0 unspecified atom stereocenters. The van der Waals surface area contributed by atoms with Crippen LogP contribution in [0.1, 0.15) is 12.0 Å². The van der Waals surface area contributed by atoms with Crippen LogP contribution in [0.4, 0.5) is 5.69 Å². The van der Waals surface area contributed by atoms with Crippen LogP contribution < -0.4 is 16.2 Å². The van der Waals surface area contributed by atoms with Gasteiger partial charge in [-0.15, -0.1) is 12.4 Å². The van der Waals surface area contributed by atoms with Gasteiger partial charge in [-0.1, -0.05) is 30.3 Å². The lowest BCUT2D eigenvalue weighted by molar-refractivity contribution is -0.116. The third kappa shape index (κ3) is 5.02. The molecule has 0 fully saturated rings. The molecular formula is C16H20ClN3O2. The van der Waals surface area contributed by atoms with Gasteiger partial charge in [-0.2, -0.15) is 0 Å². The first-order valence-corrected chi connectivity index (χ1v) is 6.88. The first-order valence-electron chi connectivity index (χ1n) is 6.88. The highest BCUT2D eigenvalue weighted by molar-refractivity contribution is 5.90. The lowest BCUT2D eigenvalue weighted by Gasteiger charge is -2.09. The summed E-state index contributed by atoms with van der Waals surface area (Å²) in [4.78, 5) is 24.0. The van der Waals surface area contributed by atoms with Crippen LogP contribution in [0.2, 0.25) is 0 Å². The van der Waals surface area contributed by atoms with E-state index in [0.717, 1.165) is 5.56 Å². The molecule has 118 valence electrons. The Hall–Kier alpha value is -2.11. The number of benzene rings is 1. The Balaban J connectivity index is 0.00000242. The van der Waals surface area contributed by atoms with Gasteiger partial charge in [0.05, 0.1) is 6.54 Å². The molecule has 1 aromatic heterocycles. The lowest BCUT2D eigenvalue weighted by Crippen LogP contribution is -2.27. The Morgan fingerprint density at radius 3 is 2.55 bits per heavy atom. The van der Waals surface area contributed by atoms with Crippen LogP contribution in [0.3, 0.4) is 0 Å². The minimum absolute atomic E-state index is 0. The normalized spacial score (nSPS) is 9.86. The van der Waals surface area contributed by atoms with E-state index in [1.807, 2.05) is 30.3 Å². The highest BCUT2D eigenvalue weighted by Crippen LogP contribution is 2.04. The van der Waals surface area contributed by atoms with Gasteiger partial charge < -0.3 is 15.2 Å². The molecule has 0 spiro atoms. The third-order valence-electron chi connectivity index (χ3n) is 3.09. The molecule has 0 bridgehead atoms. The van der Waals surface area contributed by atoms with Gasteiger partial charge in [0.15, 0.2) is 0 Å². The van der Waals surface area contributed by atoms with Crippen molar-refractivity contribution >= 4 is 24.0 Å². The van der Waals surface area contributed by atoms with Crippen molar-refractivity contribution in [2.45, 2.75) is 13.0 Å². The van der Waals surface area contributed by atoms with Gasteiger partial charge in [-0.3, -0.25) is 9.59 Å². The number of nitrogens with one attached hydrogen (secondary N) is 2. The van der Waals surface area contributed by atoms with Gasteiger partial charge in [-0.25, -0.2) is 0 Å². The molecule has 6 heteroatoms. The number of pyridine rings is 1. The topological polar surface area (TPSA) is 63.1 Å². The van der Waals surface area contributed by atoms with Crippen LogP contribution in [0.15, 0.2) is 53.5 Å². The number of halogens is 1. The molecular weight excluding hydrogens is 302 g/mol. The van der Waals surface area contributed by atoms with Crippen LogP contribution in [0.5, 0.6) is 0 Å². The van der Waals surface area contributed by atoms with E-state index in [-0.39, 0.29) is 23.9 Å². The van der Waals surface area contributed by atoms with E-state index in [9.17, 15) is 9.59 Å². The molecule has 0 aliphatic rings. The number of carbonyl (C=O) groups is 1. The highest BCUT2D eigenvalue weighted by Gasteiger charge is 2.07. The van der Waals surface area contributed by atoms with Crippen molar-refractivity contribution in [3.05, 3.63) is 64.6 Å². The summed E-state index contributed by atoms with van der Waals surface area (Å²) in [6.45, 7) is 1.07. The van der Waals surface area contributed by atoms with Gasteiger partial charge in [-0.05, 0) is 24.7 Å². The second-order valence-corrected chi connectivity index (χ2v) is 4.74. The summed E-state index contributed by atoms with van der Waals surface area (Å²) in [5, 5.41) is 5.56. The number of carbonyl (C=O) groups excluding carboxylic acids is 1. The second kappa shape index (κ2) is 9.02. The minimum Gasteiger partial charge on any atom is -0.321 e. The maximum atomic E-state index is 12.3. The summed E-state index contributed by atoms with van der Waals surface area (Å²) in [5.41, 5.74) is 1.16. The molecule has 0 saturated heterocycles. The Bertz CT molecular complexity index is 656. The molecule has 5 nitrogen and oxygen atoms in total. The van der Waals surface area contributed by atoms with E-state index >= 15 is 0 Å². The number of hydrogen-bond donors (Lipinski definition) is 2. The zero-order chi connectivity index (χ0) is 15.1. The van der Waals surface area contributed by atoms with E-state index in [1.54, 1.807) is 29.9 Å². The average Bonchev–Trinajstić information content (AvgIpc) is 2.50. The zero-order valence-electron chi connectivity index (χ0n) is 12.4. The predicted molar refractivity (Wildman–Crippen MR) is 90.7 cm³/mol. The fraction of sp³-hybridized carbons (Fsp3) is 0.250. The molecule has 2 N–H and O–H groups in total. The summed E-state index contributed by atoms with van der Waals surface area (Å²) in [7, 11) is 1.78. The molecule has 0 aliphatic carbocycles. The number of rotatable bonds is 6. The molecule has 2 aromatic rings. The Morgan fingerprint density at radius 2 is 1.86 bits per heavy atom. The molecule has 1 aromatic carbocycles.